The van der Waals surface area contributed by atoms with Gasteiger partial charge in [0.25, 0.3) is 0 Å². The Morgan fingerprint density at radius 1 is 1.04 bits per heavy atom. The van der Waals surface area contributed by atoms with Gasteiger partial charge < -0.3 is 4.90 Å². The maximum Gasteiger partial charge on any atom is 0.223 e. The average Bonchev–Trinajstić information content (AvgIpc) is 2.60. The number of hydrogen-bond acceptors (Lipinski definition) is 2. The van der Waals surface area contributed by atoms with E-state index in [4.69, 9.17) is 5.26 Å². The highest BCUT2D eigenvalue weighted by Gasteiger charge is 2.13. The van der Waals surface area contributed by atoms with E-state index in [1.807, 2.05) is 35.2 Å². The Labute approximate surface area is 138 Å². The lowest BCUT2D eigenvalue weighted by molar-refractivity contribution is -0.131. The smallest absolute Gasteiger partial charge is 0.223 e. The van der Waals surface area contributed by atoms with Crippen molar-refractivity contribution in [1.82, 2.24) is 4.90 Å². The van der Waals surface area contributed by atoms with Crippen LogP contribution in [0.3, 0.4) is 0 Å². The van der Waals surface area contributed by atoms with Crippen LogP contribution in [0.1, 0.15) is 36.5 Å². The first-order chi connectivity index (χ1) is 11.2. The van der Waals surface area contributed by atoms with Crippen LogP contribution in [-0.4, -0.2) is 17.4 Å². The first-order valence-corrected chi connectivity index (χ1v) is 8.03. The van der Waals surface area contributed by atoms with Crippen LogP contribution < -0.4 is 0 Å². The van der Waals surface area contributed by atoms with E-state index in [0.717, 1.165) is 24.1 Å². The molecular formula is C20H22N2O. The molecule has 0 aliphatic carbocycles. The molecule has 0 saturated heterocycles. The van der Waals surface area contributed by atoms with Crippen molar-refractivity contribution in [3.8, 4) is 6.07 Å². The molecule has 2 aromatic rings. The van der Waals surface area contributed by atoms with Crippen molar-refractivity contribution < 1.29 is 4.79 Å². The normalized spacial score (nSPS) is 10.1. The standard InChI is InChI=1S/C20H22N2O/c1-2-14-22(16-19-6-4-3-5-7-19)20(23)13-12-17-8-10-18(15-21)11-9-17/h3-11H,2,12-14,16H2,1H3. The molecule has 0 fully saturated rings. The third-order valence-corrected chi connectivity index (χ3v) is 3.77. The molecule has 0 heterocycles. The summed E-state index contributed by atoms with van der Waals surface area (Å²) < 4.78 is 0. The van der Waals surface area contributed by atoms with Crippen molar-refractivity contribution in [2.24, 2.45) is 0 Å². The summed E-state index contributed by atoms with van der Waals surface area (Å²) in [5.41, 5.74) is 2.90. The molecule has 0 radical (unpaired) electrons. The van der Waals surface area contributed by atoms with Crippen LogP contribution in [0, 0.1) is 11.3 Å². The lowest BCUT2D eigenvalue weighted by Crippen LogP contribution is -2.31. The molecule has 118 valence electrons. The van der Waals surface area contributed by atoms with Crippen molar-refractivity contribution in [3.05, 3.63) is 71.3 Å². The quantitative estimate of drug-likeness (QED) is 0.778. The van der Waals surface area contributed by atoms with Gasteiger partial charge in [-0.05, 0) is 36.1 Å². The number of amides is 1. The number of benzene rings is 2. The molecule has 0 bridgehead atoms. The van der Waals surface area contributed by atoms with Crippen LogP contribution in [0.15, 0.2) is 54.6 Å². The van der Waals surface area contributed by atoms with Gasteiger partial charge in [-0.1, -0.05) is 49.4 Å². The zero-order valence-electron chi connectivity index (χ0n) is 13.5. The minimum atomic E-state index is 0.181. The Bertz CT molecular complexity index is 656. The number of rotatable bonds is 7. The summed E-state index contributed by atoms with van der Waals surface area (Å²) in [7, 11) is 0. The van der Waals surface area contributed by atoms with Gasteiger partial charge >= 0.3 is 0 Å². The van der Waals surface area contributed by atoms with Gasteiger partial charge in [0.2, 0.25) is 5.91 Å². The fourth-order valence-corrected chi connectivity index (χ4v) is 2.52. The van der Waals surface area contributed by atoms with Crippen LogP contribution in [0.2, 0.25) is 0 Å². The topological polar surface area (TPSA) is 44.1 Å². The molecule has 0 spiro atoms. The number of aryl methyl sites for hydroxylation is 1. The predicted octanol–water partition coefficient (Wildman–Crippen LogP) is 3.93. The molecule has 0 aliphatic rings. The van der Waals surface area contributed by atoms with E-state index >= 15 is 0 Å². The number of carbonyl (C=O) groups excluding carboxylic acids is 1. The molecule has 1 amide bonds. The Balaban J connectivity index is 1.93. The molecule has 0 unspecified atom stereocenters. The highest BCUT2D eigenvalue weighted by atomic mass is 16.2. The van der Waals surface area contributed by atoms with Gasteiger partial charge in [-0.15, -0.1) is 0 Å². The van der Waals surface area contributed by atoms with Gasteiger partial charge in [-0.2, -0.15) is 5.26 Å². The van der Waals surface area contributed by atoms with Gasteiger partial charge in [0, 0.05) is 19.5 Å². The molecule has 2 aromatic carbocycles. The molecule has 0 N–H and O–H groups in total. The van der Waals surface area contributed by atoms with Crippen molar-refractivity contribution >= 4 is 5.91 Å². The molecule has 0 atom stereocenters. The molecular weight excluding hydrogens is 284 g/mol. The van der Waals surface area contributed by atoms with Gasteiger partial charge in [0.1, 0.15) is 0 Å². The predicted molar refractivity (Wildman–Crippen MR) is 91.6 cm³/mol. The SMILES string of the molecule is CCCN(Cc1ccccc1)C(=O)CCc1ccc(C#N)cc1. The second-order valence-electron chi connectivity index (χ2n) is 5.61. The maximum atomic E-state index is 12.5. The lowest BCUT2D eigenvalue weighted by Gasteiger charge is -2.22. The summed E-state index contributed by atoms with van der Waals surface area (Å²) in [6.07, 6.45) is 2.16. The van der Waals surface area contributed by atoms with Gasteiger partial charge in [-0.3, -0.25) is 4.79 Å². The summed E-state index contributed by atoms with van der Waals surface area (Å²) in [5, 5.41) is 8.81. The van der Waals surface area contributed by atoms with Crippen LogP contribution in [0.25, 0.3) is 0 Å². The summed E-state index contributed by atoms with van der Waals surface area (Å²) >= 11 is 0. The van der Waals surface area contributed by atoms with E-state index in [2.05, 4.69) is 25.1 Å². The third-order valence-electron chi connectivity index (χ3n) is 3.77. The largest absolute Gasteiger partial charge is 0.338 e. The number of nitrogens with zero attached hydrogens (tertiary/aromatic N) is 2. The summed E-state index contributed by atoms with van der Waals surface area (Å²) in [4.78, 5) is 14.4. The van der Waals surface area contributed by atoms with Crippen molar-refractivity contribution in [2.45, 2.75) is 32.7 Å². The molecule has 0 saturated carbocycles. The van der Waals surface area contributed by atoms with E-state index in [-0.39, 0.29) is 5.91 Å². The summed E-state index contributed by atoms with van der Waals surface area (Å²) in [5.74, 6) is 0.181. The van der Waals surface area contributed by atoms with E-state index in [1.54, 1.807) is 12.1 Å². The Hall–Kier alpha value is -2.60. The second kappa shape index (κ2) is 8.75. The molecule has 3 nitrogen and oxygen atoms in total. The first kappa shape index (κ1) is 16.8. The van der Waals surface area contributed by atoms with E-state index in [0.29, 0.717) is 24.9 Å². The number of carbonyl (C=O) groups is 1. The van der Waals surface area contributed by atoms with Gasteiger partial charge in [0.05, 0.1) is 11.6 Å². The van der Waals surface area contributed by atoms with Gasteiger partial charge in [0.15, 0.2) is 0 Å². The first-order valence-electron chi connectivity index (χ1n) is 8.03. The van der Waals surface area contributed by atoms with E-state index < -0.39 is 0 Å². The van der Waals surface area contributed by atoms with Crippen molar-refractivity contribution in [1.29, 1.82) is 5.26 Å². The highest BCUT2D eigenvalue weighted by molar-refractivity contribution is 5.76. The molecule has 0 aliphatic heterocycles. The minimum absolute atomic E-state index is 0.181. The van der Waals surface area contributed by atoms with Crippen LogP contribution >= 0.6 is 0 Å². The second-order valence-corrected chi connectivity index (χ2v) is 5.61. The number of nitriles is 1. The van der Waals surface area contributed by atoms with Crippen molar-refractivity contribution in [3.63, 3.8) is 0 Å². The summed E-state index contributed by atoms with van der Waals surface area (Å²) in [6, 6.07) is 19.6. The Morgan fingerprint density at radius 3 is 2.35 bits per heavy atom. The van der Waals surface area contributed by atoms with Crippen LogP contribution in [0.5, 0.6) is 0 Å². The Morgan fingerprint density at radius 2 is 1.74 bits per heavy atom. The zero-order chi connectivity index (χ0) is 16.5. The molecule has 2 rings (SSSR count). The lowest BCUT2D eigenvalue weighted by atomic mass is 10.1. The monoisotopic (exact) mass is 306 g/mol. The van der Waals surface area contributed by atoms with Crippen LogP contribution in [-0.2, 0) is 17.8 Å². The van der Waals surface area contributed by atoms with Gasteiger partial charge in [-0.25, -0.2) is 0 Å². The molecule has 0 aromatic heterocycles. The Kier molecular flexibility index (Phi) is 6.38. The average molecular weight is 306 g/mol. The maximum absolute atomic E-state index is 12.5. The van der Waals surface area contributed by atoms with Crippen LogP contribution in [0.4, 0.5) is 0 Å². The molecule has 3 heteroatoms. The third kappa shape index (κ3) is 5.27. The van der Waals surface area contributed by atoms with E-state index in [1.165, 1.54) is 0 Å². The summed E-state index contributed by atoms with van der Waals surface area (Å²) in [6.45, 7) is 3.54. The fourth-order valence-electron chi connectivity index (χ4n) is 2.52. The molecule has 23 heavy (non-hydrogen) atoms. The fraction of sp³-hybridized carbons (Fsp3) is 0.300. The number of hydrogen-bond donors (Lipinski definition) is 0. The highest BCUT2D eigenvalue weighted by Crippen LogP contribution is 2.10. The zero-order valence-corrected chi connectivity index (χ0v) is 13.5. The van der Waals surface area contributed by atoms with E-state index in [9.17, 15) is 4.79 Å². The van der Waals surface area contributed by atoms with Crippen molar-refractivity contribution in [2.75, 3.05) is 6.54 Å². The minimum Gasteiger partial charge on any atom is -0.338 e.